The molecule has 0 aromatic heterocycles. The van der Waals surface area contributed by atoms with Crippen LogP contribution in [-0.4, -0.2) is 65.4 Å². The number of piperidine rings is 1. The van der Waals surface area contributed by atoms with Crippen LogP contribution >= 0.6 is 0 Å². The van der Waals surface area contributed by atoms with Gasteiger partial charge in [0, 0.05) is 30.5 Å². The molecule has 0 bridgehead atoms. The Morgan fingerprint density at radius 2 is 1.65 bits per heavy atom. The fraction of sp³-hybridized carbons (Fsp3) is 1.00. The lowest BCUT2D eigenvalue weighted by atomic mass is 9.76. The first kappa shape index (κ1) is 14.7. The maximum absolute atomic E-state index is 9.29. The number of aliphatic hydroxyl groups is 1. The minimum absolute atomic E-state index is 0.0158. The highest BCUT2D eigenvalue weighted by molar-refractivity contribution is 5.06. The van der Waals surface area contributed by atoms with Gasteiger partial charge in [-0.3, -0.25) is 4.90 Å². The van der Waals surface area contributed by atoms with E-state index in [1.165, 1.54) is 0 Å². The van der Waals surface area contributed by atoms with E-state index in [1.807, 2.05) is 0 Å². The first-order valence-electron chi connectivity index (χ1n) is 7.58. The Labute approximate surface area is 121 Å². The zero-order chi connectivity index (χ0) is 14.6. The third-order valence-corrected chi connectivity index (χ3v) is 4.77. The molecule has 1 spiro atoms. The Morgan fingerprint density at radius 3 is 2.10 bits per heavy atom. The Kier molecular flexibility index (Phi) is 3.42. The van der Waals surface area contributed by atoms with Crippen molar-refractivity contribution in [3.8, 4) is 0 Å². The van der Waals surface area contributed by atoms with E-state index >= 15 is 0 Å². The maximum atomic E-state index is 9.29. The van der Waals surface area contributed by atoms with Crippen LogP contribution in [0.1, 0.15) is 40.5 Å². The largest absolute Gasteiger partial charge is 0.394 e. The van der Waals surface area contributed by atoms with Gasteiger partial charge in [-0.2, -0.15) is 0 Å². The second-order valence-corrected chi connectivity index (χ2v) is 7.69. The second kappa shape index (κ2) is 4.65. The summed E-state index contributed by atoms with van der Waals surface area (Å²) in [6.07, 6.45) is 1.86. The number of nitrogens with zero attached hydrogens (tertiary/aromatic N) is 1. The van der Waals surface area contributed by atoms with Crippen molar-refractivity contribution in [2.75, 3.05) is 26.4 Å². The molecule has 3 aliphatic rings. The standard InChI is InChI=1S/C15H27NO4/c1-13(2)9-15(19-8-12(6-17)20-15)10-14(3,4)16(13)5-11-7-18-11/h11-12,17H,5-10H2,1-4H3. The Bertz CT molecular complexity index is 360. The number of likely N-dealkylation sites (tertiary alicyclic amines) is 1. The molecule has 116 valence electrons. The molecule has 20 heavy (non-hydrogen) atoms. The number of epoxide rings is 1. The zero-order valence-corrected chi connectivity index (χ0v) is 13.0. The van der Waals surface area contributed by atoms with Gasteiger partial charge in [-0.25, -0.2) is 0 Å². The molecule has 3 aliphatic heterocycles. The number of hydrogen-bond acceptors (Lipinski definition) is 5. The molecular weight excluding hydrogens is 258 g/mol. The van der Waals surface area contributed by atoms with E-state index in [4.69, 9.17) is 14.2 Å². The fourth-order valence-electron chi connectivity index (χ4n) is 4.15. The van der Waals surface area contributed by atoms with Gasteiger partial charge < -0.3 is 19.3 Å². The van der Waals surface area contributed by atoms with E-state index in [0.29, 0.717) is 12.7 Å². The molecule has 3 heterocycles. The van der Waals surface area contributed by atoms with Crippen molar-refractivity contribution >= 4 is 0 Å². The van der Waals surface area contributed by atoms with Gasteiger partial charge in [-0.1, -0.05) is 0 Å². The van der Waals surface area contributed by atoms with Gasteiger partial charge in [-0.05, 0) is 27.7 Å². The molecule has 3 rings (SSSR count). The summed E-state index contributed by atoms with van der Waals surface area (Å²) in [7, 11) is 0. The first-order chi connectivity index (χ1) is 9.26. The van der Waals surface area contributed by atoms with Gasteiger partial charge in [-0.15, -0.1) is 0 Å². The van der Waals surface area contributed by atoms with E-state index in [9.17, 15) is 5.11 Å². The van der Waals surface area contributed by atoms with Crippen LogP contribution in [0, 0.1) is 0 Å². The highest BCUT2D eigenvalue weighted by atomic mass is 16.7. The quantitative estimate of drug-likeness (QED) is 0.788. The van der Waals surface area contributed by atoms with E-state index in [-0.39, 0.29) is 23.8 Å². The molecular formula is C15H27NO4. The maximum Gasteiger partial charge on any atom is 0.172 e. The average Bonchev–Trinajstić information content (AvgIpc) is 3.06. The molecule has 0 aromatic carbocycles. The van der Waals surface area contributed by atoms with E-state index in [1.54, 1.807) is 0 Å². The summed E-state index contributed by atoms with van der Waals surface area (Å²) in [5.74, 6) is -0.540. The minimum Gasteiger partial charge on any atom is -0.394 e. The molecule has 0 saturated carbocycles. The van der Waals surface area contributed by atoms with Crippen LogP contribution in [0.5, 0.6) is 0 Å². The van der Waals surface area contributed by atoms with E-state index in [2.05, 4.69) is 32.6 Å². The van der Waals surface area contributed by atoms with Gasteiger partial charge >= 0.3 is 0 Å². The number of ether oxygens (including phenoxy) is 3. The topological polar surface area (TPSA) is 54.5 Å². The lowest BCUT2D eigenvalue weighted by molar-refractivity contribution is -0.247. The normalized spacial score (nSPS) is 38.2. The van der Waals surface area contributed by atoms with Gasteiger partial charge in [0.15, 0.2) is 5.79 Å². The lowest BCUT2D eigenvalue weighted by Crippen LogP contribution is -2.66. The third-order valence-electron chi connectivity index (χ3n) is 4.77. The van der Waals surface area contributed by atoms with Crippen LogP contribution in [0.4, 0.5) is 0 Å². The molecule has 0 amide bonds. The van der Waals surface area contributed by atoms with Crippen LogP contribution in [0.25, 0.3) is 0 Å². The predicted molar refractivity (Wildman–Crippen MR) is 74.5 cm³/mol. The molecule has 5 heteroatoms. The lowest BCUT2D eigenvalue weighted by Gasteiger charge is -2.57. The highest BCUT2D eigenvalue weighted by Crippen LogP contribution is 2.48. The van der Waals surface area contributed by atoms with Crippen molar-refractivity contribution in [3.63, 3.8) is 0 Å². The minimum atomic E-state index is -0.540. The molecule has 2 atom stereocenters. The number of hydrogen-bond donors (Lipinski definition) is 1. The molecule has 0 radical (unpaired) electrons. The third kappa shape index (κ3) is 2.62. The van der Waals surface area contributed by atoms with Crippen LogP contribution < -0.4 is 0 Å². The molecule has 0 aromatic rings. The number of aliphatic hydroxyl groups excluding tert-OH is 1. The summed E-state index contributed by atoms with van der Waals surface area (Å²) in [4.78, 5) is 2.53. The SMILES string of the molecule is CC1(C)CC2(CC(C)(C)N1CC1CO1)OCC(CO)O2. The zero-order valence-electron chi connectivity index (χ0n) is 13.0. The second-order valence-electron chi connectivity index (χ2n) is 7.69. The van der Waals surface area contributed by atoms with Crippen LogP contribution in [-0.2, 0) is 14.2 Å². The van der Waals surface area contributed by atoms with Gasteiger partial charge in [0.1, 0.15) is 6.10 Å². The monoisotopic (exact) mass is 285 g/mol. The van der Waals surface area contributed by atoms with Gasteiger partial charge in [0.25, 0.3) is 0 Å². The summed E-state index contributed by atoms with van der Waals surface area (Å²) >= 11 is 0. The van der Waals surface area contributed by atoms with Crippen molar-refractivity contribution in [2.24, 2.45) is 0 Å². The summed E-state index contributed by atoms with van der Waals surface area (Å²) < 4.78 is 17.4. The van der Waals surface area contributed by atoms with Crippen LogP contribution in [0.2, 0.25) is 0 Å². The Morgan fingerprint density at radius 1 is 1.05 bits per heavy atom. The van der Waals surface area contributed by atoms with Crippen LogP contribution in [0.15, 0.2) is 0 Å². The van der Waals surface area contributed by atoms with Crippen molar-refractivity contribution < 1.29 is 19.3 Å². The van der Waals surface area contributed by atoms with Crippen molar-refractivity contribution in [3.05, 3.63) is 0 Å². The van der Waals surface area contributed by atoms with Crippen molar-refractivity contribution in [1.82, 2.24) is 4.90 Å². The Hall–Kier alpha value is -0.200. The summed E-state index contributed by atoms with van der Waals surface area (Å²) in [5, 5.41) is 9.29. The summed E-state index contributed by atoms with van der Waals surface area (Å²) in [5.41, 5.74) is -0.0317. The van der Waals surface area contributed by atoms with E-state index in [0.717, 1.165) is 26.0 Å². The molecule has 5 nitrogen and oxygen atoms in total. The highest BCUT2D eigenvalue weighted by Gasteiger charge is 2.57. The molecule has 3 saturated heterocycles. The smallest absolute Gasteiger partial charge is 0.172 e. The van der Waals surface area contributed by atoms with Crippen molar-refractivity contribution in [2.45, 2.75) is 69.6 Å². The van der Waals surface area contributed by atoms with Crippen molar-refractivity contribution in [1.29, 1.82) is 0 Å². The molecule has 0 aliphatic carbocycles. The average molecular weight is 285 g/mol. The van der Waals surface area contributed by atoms with Gasteiger partial charge in [0.05, 0.1) is 25.9 Å². The number of rotatable bonds is 3. The fourth-order valence-corrected chi connectivity index (χ4v) is 4.15. The summed E-state index contributed by atoms with van der Waals surface area (Å²) in [6.45, 7) is 11.4. The van der Waals surface area contributed by atoms with Gasteiger partial charge in [0.2, 0.25) is 0 Å². The first-order valence-corrected chi connectivity index (χ1v) is 7.58. The summed E-state index contributed by atoms with van der Waals surface area (Å²) in [6, 6.07) is 0. The predicted octanol–water partition coefficient (Wildman–Crippen LogP) is 1.14. The molecule has 3 fully saturated rings. The molecule has 2 unspecified atom stereocenters. The Balaban J connectivity index is 1.80. The molecule has 1 N–H and O–H groups in total. The van der Waals surface area contributed by atoms with Crippen LogP contribution in [0.3, 0.4) is 0 Å². The van der Waals surface area contributed by atoms with E-state index < -0.39 is 5.79 Å².